The zero-order valence-corrected chi connectivity index (χ0v) is 8.68. The van der Waals surface area contributed by atoms with Gasteiger partial charge in [0.25, 0.3) is 0 Å². The maximum absolute atomic E-state index is 5.76. The number of fused-ring (bicyclic) bond motifs is 1. The molecule has 0 N–H and O–H groups in total. The SMILES string of the molecule is COc1ccccc1[C@H]1C[C@@H]2O[C@@H]2CO1. The molecular weight excluding hydrogens is 192 g/mol. The highest BCUT2D eigenvalue weighted by molar-refractivity contribution is 5.35. The van der Waals surface area contributed by atoms with Crippen molar-refractivity contribution in [1.82, 2.24) is 0 Å². The van der Waals surface area contributed by atoms with Crippen molar-refractivity contribution in [2.75, 3.05) is 13.7 Å². The number of para-hydroxylation sites is 1. The summed E-state index contributed by atoms with van der Waals surface area (Å²) in [7, 11) is 1.69. The van der Waals surface area contributed by atoms with Crippen LogP contribution in [-0.4, -0.2) is 25.9 Å². The number of benzene rings is 1. The minimum Gasteiger partial charge on any atom is -0.496 e. The number of ether oxygens (including phenoxy) is 3. The van der Waals surface area contributed by atoms with Gasteiger partial charge in [0.05, 0.1) is 25.9 Å². The predicted molar refractivity (Wildman–Crippen MR) is 55.0 cm³/mol. The first-order valence-electron chi connectivity index (χ1n) is 5.28. The van der Waals surface area contributed by atoms with Crippen molar-refractivity contribution in [3.8, 4) is 5.75 Å². The van der Waals surface area contributed by atoms with Crippen molar-refractivity contribution < 1.29 is 14.2 Å². The fourth-order valence-corrected chi connectivity index (χ4v) is 2.17. The molecule has 0 aliphatic carbocycles. The average molecular weight is 206 g/mol. The molecule has 0 radical (unpaired) electrons. The van der Waals surface area contributed by atoms with E-state index in [4.69, 9.17) is 14.2 Å². The van der Waals surface area contributed by atoms with Gasteiger partial charge in [-0.3, -0.25) is 0 Å². The monoisotopic (exact) mass is 206 g/mol. The van der Waals surface area contributed by atoms with Crippen LogP contribution in [0, 0.1) is 0 Å². The molecule has 1 aromatic rings. The average Bonchev–Trinajstić information content (AvgIpc) is 3.07. The van der Waals surface area contributed by atoms with Crippen LogP contribution in [0.4, 0.5) is 0 Å². The standard InChI is InChI=1S/C12H14O3/c1-13-9-5-3-2-4-8(9)10-6-11-12(15-11)7-14-10/h2-5,10-12H,6-7H2,1H3/t10-,11+,12-/m1/s1. The van der Waals surface area contributed by atoms with Gasteiger partial charge in [0.1, 0.15) is 11.9 Å². The molecule has 3 atom stereocenters. The van der Waals surface area contributed by atoms with E-state index in [1.807, 2.05) is 18.2 Å². The molecule has 3 heteroatoms. The fourth-order valence-electron chi connectivity index (χ4n) is 2.17. The van der Waals surface area contributed by atoms with E-state index >= 15 is 0 Å². The van der Waals surface area contributed by atoms with Crippen LogP contribution in [0.25, 0.3) is 0 Å². The summed E-state index contributed by atoms with van der Waals surface area (Å²) in [5.74, 6) is 0.904. The number of hydrogen-bond donors (Lipinski definition) is 0. The first-order valence-corrected chi connectivity index (χ1v) is 5.28. The van der Waals surface area contributed by atoms with Crippen LogP contribution in [-0.2, 0) is 9.47 Å². The molecule has 0 amide bonds. The lowest BCUT2D eigenvalue weighted by atomic mass is 10.0. The third-order valence-electron chi connectivity index (χ3n) is 3.08. The normalized spacial score (nSPS) is 33.3. The van der Waals surface area contributed by atoms with Crippen LogP contribution in [0.5, 0.6) is 5.75 Å². The molecule has 3 nitrogen and oxygen atoms in total. The van der Waals surface area contributed by atoms with E-state index in [0.717, 1.165) is 17.7 Å². The van der Waals surface area contributed by atoms with E-state index in [0.29, 0.717) is 18.8 Å². The molecule has 2 aliphatic heterocycles. The van der Waals surface area contributed by atoms with Gasteiger partial charge in [-0.2, -0.15) is 0 Å². The van der Waals surface area contributed by atoms with Crippen LogP contribution in [0.2, 0.25) is 0 Å². The Morgan fingerprint density at radius 1 is 1.27 bits per heavy atom. The Balaban J connectivity index is 1.84. The molecule has 2 fully saturated rings. The van der Waals surface area contributed by atoms with Crippen molar-refractivity contribution in [2.24, 2.45) is 0 Å². The second-order valence-corrected chi connectivity index (χ2v) is 4.01. The molecule has 2 saturated heterocycles. The number of methoxy groups -OCH3 is 1. The lowest BCUT2D eigenvalue weighted by Gasteiger charge is -2.22. The zero-order chi connectivity index (χ0) is 10.3. The Hall–Kier alpha value is -1.06. The predicted octanol–water partition coefficient (Wildman–Crippen LogP) is 1.92. The largest absolute Gasteiger partial charge is 0.496 e. The Morgan fingerprint density at radius 3 is 2.93 bits per heavy atom. The van der Waals surface area contributed by atoms with E-state index in [-0.39, 0.29) is 6.10 Å². The van der Waals surface area contributed by atoms with Gasteiger partial charge in [0.15, 0.2) is 0 Å². The molecule has 2 heterocycles. The lowest BCUT2D eigenvalue weighted by molar-refractivity contribution is 0.0275. The fraction of sp³-hybridized carbons (Fsp3) is 0.500. The van der Waals surface area contributed by atoms with Crippen LogP contribution in [0.1, 0.15) is 18.1 Å². The number of rotatable bonds is 2. The molecular formula is C12H14O3. The lowest BCUT2D eigenvalue weighted by Crippen LogP contribution is -2.19. The van der Waals surface area contributed by atoms with Crippen molar-refractivity contribution in [3.63, 3.8) is 0 Å². The van der Waals surface area contributed by atoms with Crippen LogP contribution >= 0.6 is 0 Å². The van der Waals surface area contributed by atoms with Crippen LogP contribution in [0.15, 0.2) is 24.3 Å². The second-order valence-electron chi connectivity index (χ2n) is 4.01. The van der Waals surface area contributed by atoms with Crippen LogP contribution in [0.3, 0.4) is 0 Å². The van der Waals surface area contributed by atoms with E-state index in [1.54, 1.807) is 7.11 Å². The molecule has 0 aromatic heterocycles. The molecule has 0 bridgehead atoms. The molecule has 0 spiro atoms. The van der Waals surface area contributed by atoms with E-state index in [9.17, 15) is 0 Å². The summed E-state index contributed by atoms with van der Waals surface area (Å²) in [6, 6.07) is 8.02. The summed E-state index contributed by atoms with van der Waals surface area (Å²) in [5, 5.41) is 0. The minimum absolute atomic E-state index is 0.130. The van der Waals surface area contributed by atoms with Gasteiger partial charge in [-0.05, 0) is 6.07 Å². The van der Waals surface area contributed by atoms with Crippen molar-refractivity contribution in [3.05, 3.63) is 29.8 Å². The Kier molecular flexibility index (Phi) is 2.15. The smallest absolute Gasteiger partial charge is 0.124 e. The Morgan fingerprint density at radius 2 is 2.13 bits per heavy atom. The molecule has 2 aliphatic rings. The molecule has 3 rings (SSSR count). The van der Waals surface area contributed by atoms with Gasteiger partial charge >= 0.3 is 0 Å². The zero-order valence-electron chi connectivity index (χ0n) is 8.68. The minimum atomic E-state index is 0.130. The highest BCUT2D eigenvalue weighted by Gasteiger charge is 2.45. The van der Waals surface area contributed by atoms with Crippen LogP contribution < -0.4 is 4.74 Å². The maximum atomic E-state index is 5.76. The summed E-state index contributed by atoms with van der Waals surface area (Å²) in [6.07, 6.45) is 1.85. The summed E-state index contributed by atoms with van der Waals surface area (Å²) in [4.78, 5) is 0. The van der Waals surface area contributed by atoms with Gasteiger partial charge < -0.3 is 14.2 Å². The first kappa shape index (κ1) is 9.19. The molecule has 80 valence electrons. The second kappa shape index (κ2) is 3.51. The van der Waals surface area contributed by atoms with E-state index < -0.39 is 0 Å². The molecule has 1 aromatic carbocycles. The Labute approximate surface area is 89.0 Å². The molecule has 15 heavy (non-hydrogen) atoms. The topological polar surface area (TPSA) is 31.0 Å². The number of epoxide rings is 1. The first-order chi connectivity index (χ1) is 7.38. The van der Waals surface area contributed by atoms with Gasteiger partial charge in [0, 0.05) is 12.0 Å². The van der Waals surface area contributed by atoms with Gasteiger partial charge in [-0.1, -0.05) is 18.2 Å². The Bertz CT molecular complexity index is 364. The van der Waals surface area contributed by atoms with E-state index in [1.165, 1.54) is 0 Å². The summed E-state index contributed by atoms with van der Waals surface area (Å²) in [5.41, 5.74) is 1.13. The van der Waals surface area contributed by atoms with Gasteiger partial charge in [-0.15, -0.1) is 0 Å². The molecule has 0 unspecified atom stereocenters. The summed E-state index contributed by atoms with van der Waals surface area (Å²) in [6.45, 7) is 0.716. The van der Waals surface area contributed by atoms with E-state index in [2.05, 4.69) is 6.07 Å². The third kappa shape index (κ3) is 1.62. The van der Waals surface area contributed by atoms with Crippen molar-refractivity contribution >= 4 is 0 Å². The summed E-state index contributed by atoms with van der Waals surface area (Å²) >= 11 is 0. The van der Waals surface area contributed by atoms with Crippen molar-refractivity contribution in [2.45, 2.75) is 24.7 Å². The van der Waals surface area contributed by atoms with Crippen molar-refractivity contribution in [1.29, 1.82) is 0 Å². The maximum Gasteiger partial charge on any atom is 0.124 e. The highest BCUT2D eigenvalue weighted by atomic mass is 16.6. The van der Waals surface area contributed by atoms with Gasteiger partial charge in [-0.25, -0.2) is 0 Å². The van der Waals surface area contributed by atoms with Gasteiger partial charge in [0.2, 0.25) is 0 Å². The quantitative estimate of drug-likeness (QED) is 0.693. The summed E-state index contributed by atoms with van der Waals surface area (Å²) < 4.78 is 16.5. The third-order valence-corrected chi connectivity index (χ3v) is 3.08. The molecule has 0 saturated carbocycles. The number of hydrogen-bond acceptors (Lipinski definition) is 3. The highest BCUT2D eigenvalue weighted by Crippen LogP contribution is 2.41.